The van der Waals surface area contributed by atoms with Gasteiger partial charge >= 0.3 is 11.9 Å². The summed E-state index contributed by atoms with van der Waals surface area (Å²) in [7, 11) is 2.72. The van der Waals surface area contributed by atoms with Crippen LogP contribution in [0.15, 0.2) is 24.3 Å². The number of hydrogen-bond acceptors (Lipinski definition) is 6. The molecule has 1 aromatic rings. The maximum absolute atomic E-state index is 12.1. The van der Waals surface area contributed by atoms with E-state index in [2.05, 4.69) is 15.4 Å². The number of hydrogen-bond donors (Lipinski definition) is 2. The Morgan fingerprint density at radius 1 is 1.04 bits per heavy atom. The van der Waals surface area contributed by atoms with Crippen LogP contribution in [0.25, 0.3) is 0 Å². The van der Waals surface area contributed by atoms with Crippen molar-refractivity contribution in [3.63, 3.8) is 0 Å². The largest absolute Gasteiger partial charge is 0.467 e. The molecule has 0 bridgehead atoms. The van der Waals surface area contributed by atoms with Crippen molar-refractivity contribution in [2.45, 2.75) is 32.4 Å². The first kappa shape index (κ1) is 18.5. The summed E-state index contributed by atoms with van der Waals surface area (Å²) in [5.74, 6) is -1.72. The van der Waals surface area contributed by atoms with Gasteiger partial charge in [0.2, 0.25) is 6.04 Å². The van der Waals surface area contributed by atoms with Crippen LogP contribution in [0.2, 0.25) is 0 Å². The van der Waals surface area contributed by atoms with Crippen molar-refractivity contribution in [3.05, 3.63) is 29.8 Å². The summed E-state index contributed by atoms with van der Waals surface area (Å²) >= 11 is 0. The molecule has 0 fully saturated rings. The topological polar surface area (TPSA) is 93.7 Å². The standard InChI is InChI=1S/C16H22N2O5/c1-16(2,3)23-15(21)12(14(20)22-5)18-11-8-6-10(7-9-11)13(19)17-4/h6-9,12,18H,1-5H3,(H,17,19)/t12-/m1/s1. The SMILES string of the molecule is CNC(=O)c1ccc(N[C@H](C(=O)OC)C(=O)OC(C)(C)C)cc1. The molecule has 1 amide bonds. The van der Waals surface area contributed by atoms with Crippen molar-refractivity contribution < 1.29 is 23.9 Å². The lowest BCUT2D eigenvalue weighted by molar-refractivity contribution is -0.162. The maximum atomic E-state index is 12.1. The number of nitrogens with one attached hydrogen (secondary N) is 2. The highest BCUT2D eigenvalue weighted by Crippen LogP contribution is 2.15. The Labute approximate surface area is 135 Å². The molecule has 0 aliphatic rings. The van der Waals surface area contributed by atoms with Crippen LogP contribution in [0.4, 0.5) is 5.69 Å². The van der Waals surface area contributed by atoms with Gasteiger partial charge in [0.25, 0.3) is 5.91 Å². The predicted molar refractivity (Wildman–Crippen MR) is 85.1 cm³/mol. The molecular weight excluding hydrogens is 300 g/mol. The quantitative estimate of drug-likeness (QED) is 0.628. The number of methoxy groups -OCH3 is 1. The van der Waals surface area contributed by atoms with Gasteiger partial charge in [-0.1, -0.05) is 0 Å². The van der Waals surface area contributed by atoms with Gasteiger partial charge in [0, 0.05) is 18.3 Å². The van der Waals surface area contributed by atoms with E-state index in [9.17, 15) is 14.4 Å². The molecule has 0 saturated heterocycles. The second-order valence-electron chi connectivity index (χ2n) is 5.79. The van der Waals surface area contributed by atoms with Crippen LogP contribution in [0.3, 0.4) is 0 Å². The van der Waals surface area contributed by atoms with Crippen molar-refractivity contribution in [1.82, 2.24) is 5.32 Å². The summed E-state index contributed by atoms with van der Waals surface area (Å²) in [5.41, 5.74) is 0.220. The Morgan fingerprint density at radius 3 is 2.04 bits per heavy atom. The van der Waals surface area contributed by atoms with Gasteiger partial charge in [0.15, 0.2) is 0 Å². The first-order valence-electron chi connectivity index (χ1n) is 7.07. The molecular formula is C16H22N2O5. The molecule has 2 N–H and O–H groups in total. The van der Waals surface area contributed by atoms with Gasteiger partial charge in [-0.2, -0.15) is 0 Å². The Kier molecular flexibility index (Phi) is 6.12. The lowest BCUT2D eigenvalue weighted by Gasteiger charge is -2.23. The molecule has 7 heteroatoms. The number of esters is 2. The van der Waals surface area contributed by atoms with Crippen LogP contribution in [-0.4, -0.2) is 43.6 Å². The first-order chi connectivity index (χ1) is 10.7. The highest BCUT2D eigenvalue weighted by molar-refractivity contribution is 6.02. The third-order valence-corrected chi connectivity index (χ3v) is 2.76. The molecule has 126 valence electrons. The van der Waals surface area contributed by atoms with Gasteiger partial charge < -0.3 is 20.1 Å². The molecule has 0 aliphatic carbocycles. The second kappa shape index (κ2) is 7.62. The molecule has 0 aliphatic heterocycles. The van der Waals surface area contributed by atoms with Crippen LogP contribution < -0.4 is 10.6 Å². The summed E-state index contributed by atoms with van der Waals surface area (Å²) in [4.78, 5) is 35.4. The molecule has 23 heavy (non-hydrogen) atoms. The van der Waals surface area contributed by atoms with Gasteiger partial charge in [-0.15, -0.1) is 0 Å². The molecule has 7 nitrogen and oxygen atoms in total. The third kappa shape index (κ3) is 5.61. The summed E-state index contributed by atoms with van der Waals surface area (Å²) in [5, 5.41) is 5.26. The fourth-order valence-corrected chi connectivity index (χ4v) is 1.72. The molecule has 1 aromatic carbocycles. The average Bonchev–Trinajstić information content (AvgIpc) is 2.49. The van der Waals surface area contributed by atoms with Crippen LogP contribution in [0.1, 0.15) is 31.1 Å². The average molecular weight is 322 g/mol. The summed E-state index contributed by atoms with van der Waals surface area (Å²) in [6, 6.07) is 5.04. The van der Waals surface area contributed by atoms with E-state index in [1.165, 1.54) is 14.2 Å². The fourth-order valence-electron chi connectivity index (χ4n) is 1.72. The zero-order valence-electron chi connectivity index (χ0n) is 13.9. The van der Waals surface area contributed by atoms with Crippen molar-refractivity contribution >= 4 is 23.5 Å². The minimum atomic E-state index is -1.29. The van der Waals surface area contributed by atoms with Crippen molar-refractivity contribution in [1.29, 1.82) is 0 Å². The van der Waals surface area contributed by atoms with Crippen molar-refractivity contribution in [2.24, 2.45) is 0 Å². The number of rotatable bonds is 5. The number of benzene rings is 1. The Bertz CT molecular complexity index is 575. The number of ether oxygens (including phenoxy) is 2. The zero-order valence-corrected chi connectivity index (χ0v) is 13.9. The smallest absolute Gasteiger partial charge is 0.340 e. The zero-order chi connectivity index (χ0) is 17.6. The van der Waals surface area contributed by atoms with E-state index in [4.69, 9.17) is 4.74 Å². The minimum absolute atomic E-state index is 0.229. The molecule has 1 atom stereocenters. The van der Waals surface area contributed by atoms with Gasteiger partial charge in [-0.05, 0) is 45.0 Å². The molecule has 0 aromatic heterocycles. The van der Waals surface area contributed by atoms with E-state index < -0.39 is 23.6 Å². The second-order valence-corrected chi connectivity index (χ2v) is 5.79. The Balaban J connectivity index is 2.91. The van der Waals surface area contributed by atoms with E-state index in [1.807, 2.05) is 0 Å². The van der Waals surface area contributed by atoms with E-state index in [-0.39, 0.29) is 5.91 Å². The predicted octanol–water partition coefficient (Wildman–Crippen LogP) is 1.34. The Hall–Kier alpha value is -2.57. The molecule has 0 saturated carbocycles. The van der Waals surface area contributed by atoms with Gasteiger partial charge in [0.05, 0.1) is 7.11 Å². The number of carbonyl (C=O) groups excluding carboxylic acids is 3. The molecule has 0 unspecified atom stereocenters. The van der Waals surface area contributed by atoms with E-state index in [0.29, 0.717) is 11.3 Å². The van der Waals surface area contributed by atoms with Crippen molar-refractivity contribution in [2.75, 3.05) is 19.5 Å². The number of amides is 1. The van der Waals surface area contributed by atoms with E-state index >= 15 is 0 Å². The number of anilines is 1. The summed E-state index contributed by atoms with van der Waals surface area (Å²) in [6.45, 7) is 5.12. The lowest BCUT2D eigenvalue weighted by atomic mass is 10.1. The van der Waals surface area contributed by atoms with Crippen LogP contribution >= 0.6 is 0 Å². The highest BCUT2D eigenvalue weighted by Gasteiger charge is 2.32. The third-order valence-electron chi connectivity index (χ3n) is 2.76. The summed E-state index contributed by atoms with van der Waals surface area (Å²) < 4.78 is 9.84. The van der Waals surface area contributed by atoms with Crippen LogP contribution in [0, 0.1) is 0 Å². The van der Waals surface area contributed by atoms with Gasteiger partial charge in [-0.25, -0.2) is 9.59 Å². The molecule has 1 rings (SSSR count). The molecule has 0 spiro atoms. The molecule has 0 heterocycles. The first-order valence-corrected chi connectivity index (χ1v) is 7.07. The fraction of sp³-hybridized carbons (Fsp3) is 0.438. The number of carbonyl (C=O) groups is 3. The van der Waals surface area contributed by atoms with Gasteiger partial charge in [-0.3, -0.25) is 4.79 Å². The lowest BCUT2D eigenvalue weighted by Crippen LogP contribution is -2.42. The van der Waals surface area contributed by atoms with Crippen LogP contribution in [-0.2, 0) is 19.1 Å². The van der Waals surface area contributed by atoms with Gasteiger partial charge in [0.1, 0.15) is 5.60 Å². The molecule has 0 radical (unpaired) electrons. The summed E-state index contributed by atoms with van der Waals surface area (Å²) in [6.07, 6.45) is 0. The highest BCUT2D eigenvalue weighted by atomic mass is 16.6. The van der Waals surface area contributed by atoms with E-state index in [1.54, 1.807) is 45.0 Å². The van der Waals surface area contributed by atoms with Crippen LogP contribution in [0.5, 0.6) is 0 Å². The minimum Gasteiger partial charge on any atom is -0.467 e. The van der Waals surface area contributed by atoms with E-state index in [0.717, 1.165) is 0 Å². The monoisotopic (exact) mass is 322 g/mol. The normalized spacial score (nSPS) is 12.0. The maximum Gasteiger partial charge on any atom is 0.340 e. The van der Waals surface area contributed by atoms with Crippen molar-refractivity contribution in [3.8, 4) is 0 Å². The Morgan fingerprint density at radius 2 is 1.61 bits per heavy atom.